The van der Waals surface area contributed by atoms with Crippen molar-refractivity contribution in [1.29, 1.82) is 0 Å². The molecule has 0 saturated carbocycles. The van der Waals surface area contributed by atoms with Gasteiger partial charge in [0.1, 0.15) is 5.15 Å². The molecule has 0 atom stereocenters. The van der Waals surface area contributed by atoms with E-state index < -0.39 is 0 Å². The molecule has 1 aromatic carbocycles. The van der Waals surface area contributed by atoms with Crippen LogP contribution in [0.25, 0.3) is 0 Å². The first-order valence-corrected chi connectivity index (χ1v) is 6.86. The third kappa shape index (κ3) is 3.24. The lowest BCUT2D eigenvalue weighted by molar-refractivity contribution is 0.102. The SMILES string of the molecule is CSc1cccc(NC(=O)c2ccnc(Cl)c2)c1. The van der Waals surface area contributed by atoms with Crippen molar-refractivity contribution in [3.8, 4) is 0 Å². The Morgan fingerprint density at radius 1 is 1.33 bits per heavy atom. The predicted octanol–water partition coefficient (Wildman–Crippen LogP) is 3.71. The molecule has 2 aromatic rings. The van der Waals surface area contributed by atoms with Crippen LogP contribution in [0.1, 0.15) is 10.4 Å². The average molecular weight is 279 g/mol. The van der Waals surface area contributed by atoms with Crippen LogP contribution in [0.2, 0.25) is 5.15 Å². The van der Waals surface area contributed by atoms with Crippen LogP contribution in [0.5, 0.6) is 0 Å². The number of hydrogen-bond donors (Lipinski definition) is 1. The van der Waals surface area contributed by atoms with Gasteiger partial charge in [-0.15, -0.1) is 11.8 Å². The summed E-state index contributed by atoms with van der Waals surface area (Å²) in [6.45, 7) is 0. The van der Waals surface area contributed by atoms with Crippen LogP contribution in [-0.4, -0.2) is 17.1 Å². The summed E-state index contributed by atoms with van der Waals surface area (Å²) in [7, 11) is 0. The van der Waals surface area contributed by atoms with Crippen molar-refractivity contribution >= 4 is 35.0 Å². The van der Waals surface area contributed by atoms with Crippen molar-refractivity contribution in [3.05, 3.63) is 53.3 Å². The molecule has 2 rings (SSSR count). The third-order valence-corrected chi connectivity index (χ3v) is 3.25. The number of nitrogens with one attached hydrogen (secondary N) is 1. The lowest BCUT2D eigenvalue weighted by Gasteiger charge is -2.06. The number of halogens is 1. The van der Waals surface area contributed by atoms with Crippen LogP contribution in [0, 0.1) is 0 Å². The standard InChI is InChI=1S/C13H11ClN2OS/c1-18-11-4-2-3-10(8-11)16-13(17)9-5-6-15-12(14)7-9/h2-8H,1H3,(H,16,17). The second kappa shape index (κ2) is 5.89. The summed E-state index contributed by atoms with van der Waals surface area (Å²) >= 11 is 7.37. The molecule has 1 N–H and O–H groups in total. The number of carbonyl (C=O) groups is 1. The van der Waals surface area contributed by atoms with Crippen LogP contribution < -0.4 is 5.32 Å². The highest BCUT2D eigenvalue weighted by atomic mass is 35.5. The van der Waals surface area contributed by atoms with Gasteiger partial charge in [-0.05, 0) is 36.6 Å². The average Bonchev–Trinajstić information content (AvgIpc) is 2.39. The van der Waals surface area contributed by atoms with E-state index in [2.05, 4.69) is 10.3 Å². The summed E-state index contributed by atoms with van der Waals surface area (Å²) in [5.41, 5.74) is 1.25. The largest absolute Gasteiger partial charge is 0.322 e. The van der Waals surface area contributed by atoms with Gasteiger partial charge in [-0.25, -0.2) is 4.98 Å². The van der Waals surface area contributed by atoms with Gasteiger partial charge in [0.2, 0.25) is 0 Å². The van der Waals surface area contributed by atoms with Gasteiger partial charge >= 0.3 is 0 Å². The molecular weight excluding hydrogens is 268 g/mol. The molecule has 5 heteroatoms. The molecule has 0 unspecified atom stereocenters. The molecule has 92 valence electrons. The molecule has 0 saturated heterocycles. The maximum absolute atomic E-state index is 12.0. The Morgan fingerprint density at radius 3 is 2.89 bits per heavy atom. The molecule has 0 fully saturated rings. The van der Waals surface area contributed by atoms with Crippen LogP contribution >= 0.6 is 23.4 Å². The maximum Gasteiger partial charge on any atom is 0.255 e. The highest BCUT2D eigenvalue weighted by Crippen LogP contribution is 2.19. The first kappa shape index (κ1) is 12.9. The van der Waals surface area contributed by atoms with Crippen molar-refractivity contribution in [2.75, 3.05) is 11.6 Å². The Balaban J connectivity index is 2.16. The molecular formula is C13H11ClN2OS. The van der Waals surface area contributed by atoms with Crippen molar-refractivity contribution in [2.24, 2.45) is 0 Å². The van der Waals surface area contributed by atoms with Crippen molar-refractivity contribution in [1.82, 2.24) is 4.98 Å². The highest BCUT2D eigenvalue weighted by Gasteiger charge is 2.07. The monoisotopic (exact) mass is 278 g/mol. The maximum atomic E-state index is 12.0. The third-order valence-electron chi connectivity index (χ3n) is 2.32. The predicted molar refractivity (Wildman–Crippen MR) is 75.4 cm³/mol. The fraction of sp³-hybridized carbons (Fsp3) is 0.0769. The topological polar surface area (TPSA) is 42.0 Å². The summed E-state index contributed by atoms with van der Waals surface area (Å²) < 4.78 is 0. The van der Waals surface area contributed by atoms with E-state index in [1.807, 2.05) is 30.5 Å². The van der Waals surface area contributed by atoms with Gasteiger partial charge in [-0.3, -0.25) is 4.79 Å². The number of rotatable bonds is 3. The van der Waals surface area contributed by atoms with Gasteiger partial charge in [0, 0.05) is 22.3 Å². The van der Waals surface area contributed by atoms with E-state index in [1.54, 1.807) is 17.8 Å². The molecule has 3 nitrogen and oxygen atoms in total. The number of carbonyl (C=O) groups excluding carboxylic acids is 1. The summed E-state index contributed by atoms with van der Waals surface area (Å²) in [4.78, 5) is 16.9. The lowest BCUT2D eigenvalue weighted by Crippen LogP contribution is -2.11. The Bertz CT molecular complexity index is 574. The van der Waals surface area contributed by atoms with E-state index in [9.17, 15) is 4.79 Å². The van der Waals surface area contributed by atoms with Gasteiger partial charge in [0.15, 0.2) is 0 Å². The second-order valence-electron chi connectivity index (χ2n) is 3.55. The number of benzene rings is 1. The summed E-state index contributed by atoms with van der Waals surface area (Å²) in [5, 5.41) is 3.13. The quantitative estimate of drug-likeness (QED) is 0.687. The Hall–Kier alpha value is -1.52. The minimum atomic E-state index is -0.197. The number of amides is 1. The molecule has 1 amide bonds. The Labute approximate surface area is 115 Å². The van der Waals surface area contributed by atoms with Crippen LogP contribution in [0.3, 0.4) is 0 Å². The van der Waals surface area contributed by atoms with E-state index in [-0.39, 0.29) is 5.91 Å². The molecule has 0 bridgehead atoms. The van der Waals surface area contributed by atoms with Crippen molar-refractivity contribution in [3.63, 3.8) is 0 Å². The summed E-state index contributed by atoms with van der Waals surface area (Å²) in [5.74, 6) is -0.197. The minimum absolute atomic E-state index is 0.197. The number of thioether (sulfide) groups is 1. The molecule has 18 heavy (non-hydrogen) atoms. The van der Waals surface area contributed by atoms with Crippen molar-refractivity contribution in [2.45, 2.75) is 4.90 Å². The van der Waals surface area contributed by atoms with Gasteiger partial charge in [0.25, 0.3) is 5.91 Å². The van der Waals surface area contributed by atoms with Crippen LogP contribution in [-0.2, 0) is 0 Å². The molecule has 0 spiro atoms. The minimum Gasteiger partial charge on any atom is -0.322 e. The molecule has 0 aliphatic heterocycles. The normalized spacial score (nSPS) is 10.1. The number of anilines is 1. The molecule has 0 aliphatic rings. The summed E-state index contributed by atoms with van der Waals surface area (Å²) in [6, 6.07) is 10.8. The van der Waals surface area contributed by atoms with Gasteiger partial charge < -0.3 is 5.32 Å². The summed E-state index contributed by atoms with van der Waals surface area (Å²) in [6.07, 6.45) is 3.50. The molecule has 1 heterocycles. The zero-order valence-electron chi connectivity index (χ0n) is 9.68. The Morgan fingerprint density at radius 2 is 2.17 bits per heavy atom. The first-order valence-electron chi connectivity index (χ1n) is 5.26. The smallest absolute Gasteiger partial charge is 0.255 e. The van der Waals surface area contributed by atoms with E-state index in [1.165, 1.54) is 12.3 Å². The lowest BCUT2D eigenvalue weighted by atomic mass is 10.2. The molecule has 0 radical (unpaired) electrons. The van der Waals surface area contributed by atoms with Crippen molar-refractivity contribution < 1.29 is 4.79 Å². The fourth-order valence-corrected chi connectivity index (χ4v) is 2.08. The number of aromatic nitrogens is 1. The second-order valence-corrected chi connectivity index (χ2v) is 4.82. The Kier molecular flexibility index (Phi) is 4.23. The van der Waals surface area contributed by atoms with Crippen LogP contribution in [0.15, 0.2) is 47.5 Å². The first-order chi connectivity index (χ1) is 8.69. The number of hydrogen-bond acceptors (Lipinski definition) is 3. The van der Waals surface area contributed by atoms with Crippen LogP contribution in [0.4, 0.5) is 5.69 Å². The fourth-order valence-electron chi connectivity index (χ4n) is 1.45. The number of nitrogens with zero attached hydrogens (tertiary/aromatic N) is 1. The van der Waals surface area contributed by atoms with Gasteiger partial charge in [-0.1, -0.05) is 17.7 Å². The van der Waals surface area contributed by atoms with Gasteiger partial charge in [0.05, 0.1) is 0 Å². The molecule has 1 aromatic heterocycles. The zero-order chi connectivity index (χ0) is 13.0. The number of pyridine rings is 1. The zero-order valence-corrected chi connectivity index (χ0v) is 11.3. The van der Waals surface area contributed by atoms with E-state index in [0.29, 0.717) is 10.7 Å². The van der Waals surface area contributed by atoms with Gasteiger partial charge in [-0.2, -0.15) is 0 Å². The van der Waals surface area contributed by atoms with E-state index >= 15 is 0 Å². The van der Waals surface area contributed by atoms with E-state index in [4.69, 9.17) is 11.6 Å². The van der Waals surface area contributed by atoms with E-state index in [0.717, 1.165) is 10.6 Å². The molecule has 0 aliphatic carbocycles. The highest BCUT2D eigenvalue weighted by molar-refractivity contribution is 7.98.